The number of amides is 1. The Labute approximate surface area is 104 Å². The minimum Gasteiger partial charge on any atom is -0.349 e. The number of thiophene rings is 1. The minimum atomic E-state index is -0.0674. The van der Waals surface area contributed by atoms with Crippen LogP contribution >= 0.6 is 11.3 Å². The molecule has 2 aromatic heterocycles. The highest BCUT2D eigenvalue weighted by Crippen LogP contribution is 2.11. The summed E-state index contributed by atoms with van der Waals surface area (Å²) in [6.07, 6.45) is 4.16. The molecule has 0 aromatic carbocycles. The second-order valence-corrected chi connectivity index (χ2v) is 5.09. The summed E-state index contributed by atoms with van der Waals surface area (Å²) in [5.74, 6) is -0.0674. The topological polar surface area (TPSA) is 46.9 Å². The number of aryl methyl sites for hydroxylation is 1. The van der Waals surface area contributed by atoms with Gasteiger partial charge in [-0.2, -0.15) is 5.10 Å². The first-order valence-electron chi connectivity index (χ1n) is 5.47. The predicted octanol–water partition coefficient (Wildman–Crippen LogP) is 1.84. The fourth-order valence-corrected chi connectivity index (χ4v) is 2.46. The van der Waals surface area contributed by atoms with E-state index in [1.165, 1.54) is 4.88 Å². The van der Waals surface area contributed by atoms with Crippen molar-refractivity contribution in [2.24, 2.45) is 7.05 Å². The molecule has 5 heteroatoms. The Morgan fingerprint density at radius 3 is 3.06 bits per heavy atom. The fraction of sp³-hybridized carbons (Fsp3) is 0.333. The van der Waals surface area contributed by atoms with E-state index in [1.807, 2.05) is 18.4 Å². The van der Waals surface area contributed by atoms with Gasteiger partial charge in [0.25, 0.3) is 5.91 Å². The van der Waals surface area contributed by atoms with E-state index in [1.54, 1.807) is 35.5 Å². The number of carbonyl (C=O) groups excluding carboxylic acids is 1. The summed E-state index contributed by atoms with van der Waals surface area (Å²) < 4.78 is 1.62. The van der Waals surface area contributed by atoms with E-state index >= 15 is 0 Å². The van der Waals surface area contributed by atoms with Crippen molar-refractivity contribution in [3.8, 4) is 0 Å². The standard InChI is InChI=1S/C12H15N3OS/c1-9(6-11-4-3-5-17-11)14-12(16)10-7-13-15(2)8-10/h3-5,7-9H,6H2,1-2H3,(H,14,16)/t9-/m1/s1. The Hall–Kier alpha value is -1.62. The van der Waals surface area contributed by atoms with E-state index in [0.29, 0.717) is 5.56 Å². The second kappa shape index (κ2) is 5.14. The molecule has 90 valence electrons. The zero-order valence-corrected chi connectivity index (χ0v) is 10.7. The Morgan fingerprint density at radius 1 is 1.65 bits per heavy atom. The lowest BCUT2D eigenvalue weighted by Gasteiger charge is -2.11. The van der Waals surface area contributed by atoms with Gasteiger partial charge in [0, 0.05) is 30.6 Å². The predicted molar refractivity (Wildman–Crippen MR) is 68.2 cm³/mol. The van der Waals surface area contributed by atoms with Gasteiger partial charge in [-0.15, -0.1) is 11.3 Å². The normalized spacial score (nSPS) is 12.4. The van der Waals surface area contributed by atoms with Crippen LogP contribution in [0, 0.1) is 0 Å². The molecule has 17 heavy (non-hydrogen) atoms. The molecule has 1 atom stereocenters. The summed E-state index contributed by atoms with van der Waals surface area (Å²) >= 11 is 1.71. The summed E-state index contributed by atoms with van der Waals surface area (Å²) in [7, 11) is 1.80. The maximum Gasteiger partial charge on any atom is 0.254 e. The number of aromatic nitrogens is 2. The third-order valence-corrected chi connectivity index (χ3v) is 3.33. The van der Waals surface area contributed by atoms with Crippen molar-refractivity contribution in [3.05, 3.63) is 40.3 Å². The van der Waals surface area contributed by atoms with Gasteiger partial charge in [0.1, 0.15) is 0 Å². The molecule has 1 N–H and O–H groups in total. The summed E-state index contributed by atoms with van der Waals surface area (Å²) in [5.41, 5.74) is 0.602. The monoisotopic (exact) mass is 249 g/mol. The minimum absolute atomic E-state index is 0.0674. The van der Waals surface area contributed by atoms with Crippen LogP contribution in [0.15, 0.2) is 29.9 Å². The first-order valence-corrected chi connectivity index (χ1v) is 6.35. The maximum absolute atomic E-state index is 11.8. The van der Waals surface area contributed by atoms with Crippen molar-refractivity contribution in [3.63, 3.8) is 0 Å². The van der Waals surface area contributed by atoms with Gasteiger partial charge in [-0.3, -0.25) is 9.48 Å². The lowest BCUT2D eigenvalue weighted by molar-refractivity contribution is 0.0940. The highest BCUT2D eigenvalue weighted by molar-refractivity contribution is 7.09. The molecule has 0 spiro atoms. The summed E-state index contributed by atoms with van der Waals surface area (Å²) in [6.45, 7) is 2.01. The Balaban J connectivity index is 1.90. The lowest BCUT2D eigenvalue weighted by atomic mass is 10.2. The first kappa shape index (κ1) is 11.9. The van der Waals surface area contributed by atoms with Crippen LogP contribution in [0.1, 0.15) is 22.2 Å². The van der Waals surface area contributed by atoms with Gasteiger partial charge in [0.15, 0.2) is 0 Å². The number of carbonyl (C=O) groups is 1. The molecule has 2 rings (SSSR count). The highest BCUT2D eigenvalue weighted by Gasteiger charge is 2.11. The van der Waals surface area contributed by atoms with E-state index in [2.05, 4.69) is 16.5 Å². The third-order valence-electron chi connectivity index (χ3n) is 2.43. The van der Waals surface area contributed by atoms with Crippen molar-refractivity contribution in [1.82, 2.24) is 15.1 Å². The molecule has 0 aliphatic rings. The van der Waals surface area contributed by atoms with E-state index in [0.717, 1.165) is 6.42 Å². The number of hydrogen-bond donors (Lipinski definition) is 1. The van der Waals surface area contributed by atoms with Gasteiger partial charge in [0.05, 0.1) is 11.8 Å². The zero-order valence-electron chi connectivity index (χ0n) is 9.88. The third kappa shape index (κ3) is 3.17. The van der Waals surface area contributed by atoms with E-state index in [-0.39, 0.29) is 11.9 Å². The fourth-order valence-electron chi connectivity index (χ4n) is 1.63. The average Bonchev–Trinajstić information content (AvgIpc) is 2.89. The molecule has 1 amide bonds. The maximum atomic E-state index is 11.8. The number of hydrogen-bond acceptors (Lipinski definition) is 3. The molecule has 2 aromatic rings. The molecule has 0 radical (unpaired) electrons. The average molecular weight is 249 g/mol. The van der Waals surface area contributed by atoms with E-state index in [9.17, 15) is 4.79 Å². The Morgan fingerprint density at radius 2 is 2.47 bits per heavy atom. The SMILES string of the molecule is C[C@H](Cc1cccs1)NC(=O)c1cnn(C)c1. The van der Waals surface area contributed by atoms with Crippen molar-refractivity contribution in [2.45, 2.75) is 19.4 Å². The van der Waals surface area contributed by atoms with E-state index in [4.69, 9.17) is 0 Å². The Bertz CT molecular complexity index is 490. The van der Waals surface area contributed by atoms with Crippen LogP contribution in [0.25, 0.3) is 0 Å². The van der Waals surface area contributed by atoms with Gasteiger partial charge in [-0.05, 0) is 18.4 Å². The molecule has 0 aliphatic carbocycles. The summed E-state index contributed by atoms with van der Waals surface area (Å²) in [5, 5.41) is 8.99. The summed E-state index contributed by atoms with van der Waals surface area (Å²) in [4.78, 5) is 13.1. The van der Waals surface area contributed by atoms with Gasteiger partial charge >= 0.3 is 0 Å². The molecule has 0 aliphatic heterocycles. The Kier molecular flexibility index (Phi) is 3.58. The van der Waals surface area contributed by atoms with Crippen LogP contribution in [0.5, 0.6) is 0 Å². The van der Waals surface area contributed by atoms with Crippen molar-refractivity contribution in [2.75, 3.05) is 0 Å². The summed E-state index contributed by atoms with van der Waals surface area (Å²) in [6, 6.07) is 4.23. The zero-order chi connectivity index (χ0) is 12.3. The molecule has 0 fully saturated rings. The van der Waals surface area contributed by atoms with E-state index < -0.39 is 0 Å². The van der Waals surface area contributed by atoms with Gasteiger partial charge in [0.2, 0.25) is 0 Å². The molecule has 2 heterocycles. The quantitative estimate of drug-likeness (QED) is 0.898. The molecular formula is C12H15N3OS. The van der Waals surface area contributed by atoms with Crippen molar-refractivity contribution in [1.29, 1.82) is 0 Å². The molecule has 4 nitrogen and oxygen atoms in total. The van der Waals surface area contributed by atoms with Crippen LogP contribution < -0.4 is 5.32 Å². The van der Waals surface area contributed by atoms with Gasteiger partial charge in [-0.25, -0.2) is 0 Å². The van der Waals surface area contributed by atoms with Crippen LogP contribution in [-0.4, -0.2) is 21.7 Å². The second-order valence-electron chi connectivity index (χ2n) is 4.06. The number of nitrogens with zero attached hydrogens (tertiary/aromatic N) is 2. The number of nitrogens with one attached hydrogen (secondary N) is 1. The van der Waals surface area contributed by atoms with Gasteiger partial charge in [-0.1, -0.05) is 6.07 Å². The lowest BCUT2D eigenvalue weighted by Crippen LogP contribution is -2.33. The molecular weight excluding hydrogens is 234 g/mol. The molecule has 0 saturated carbocycles. The van der Waals surface area contributed by atoms with Crippen molar-refractivity contribution >= 4 is 17.2 Å². The molecule has 0 unspecified atom stereocenters. The first-order chi connectivity index (χ1) is 8.15. The molecule has 0 saturated heterocycles. The molecule has 0 bridgehead atoms. The van der Waals surface area contributed by atoms with Crippen LogP contribution in [0.2, 0.25) is 0 Å². The van der Waals surface area contributed by atoms with Crippen molar-refractivity contribution < 1.29 is 4.79 Å². The largest absolute Gasteiger partial charge is 0.349 e. The van der Waals surface area contributed by atoms with Crippen LogP contribution in [0.4, 0.5) is 0 Å². The highest BCUT2D eigenvalue weighted by atomic mass is 32.1. The van der Waals surface area contributed by atoms with Crippen LogP contribution in [0.3, 0.4) is 0 Å². The number of rotatable bonds is 4. The van der Waals surface area contributed by atoms with Gasteiger partial charge < -0.3 is 5.32 Å². The smallest absolute Gasteiger partial charge is 0.254 e. The van der Waals surface area contributed by atoms with Crippen LogP contribution in [-0.2, 0) is 13.5 Å².